The number of aromatic nitrogens is 3. The number of fused-ring (bicyclic) bond motifs is 1. The Bertz CT molecular complexity index is 748. The van der Waals surface area contributed by atoms with Gasteiger partial charge in [0.2, 0.25) is 5.91 Å². The Morgan fingerprint density at radius 3 is 3.00 bits per heavy atom. The van der Waals surface area contributed by atoms with E-state index in [1.807, 2.05) is 13.3 Å². The Morgan fingerprint density at radius 1 is 1.46 bits per heavy atom. The fourth-order valence-electron chi connectivity index (χ4n) is 3.40. The first kappa shape index (κ1) is 15.8. The summed E-state index contributed by atoms with van der Waals surface area (Å²) in [5.41, 5.74) is 3.70. The molecule has 0 saturated heterocycles. The summed E-state index contributed by atoms with van der Waals surface area (Å²) >= 11 is 1.55. The molecule has 1 saturated carbocycles. The number of amides is 1. The summed E-state index contributed by atoms with van der Waals surface area (Å²) in [6.07, 6.45) is 5.70. The van der Waals surface area contributed by atoms with E-state index in [0.717, 1.165) is 36.9 Å². The summed E-state index contributed by atoms with van der Waals surface area (Å²) in [6, 6.07) is 0.709. The van der Waals surface area contributed by atoms with Gasteiger partial charge in [-0.3, -0.25) is 14.6 Å². The highest BCUT2D eigenvalue weighted by Gasteiger charge is 2.29. The lowest BCUT2D eigenvalue weighted by atomic mass is 10.1. The zero-order chi connectivity index (χ0) is 16.7. The van der Waals surface area contributed by atoms with Crippen molar-refractivity contribution in [2.24, 2.45) is 0 Å². The number of nitrogens with zero attached hydrogens (tertiary/aromatic N) is 5. The molecule has 2 aliphatic rings. The Morgan fingerprint density at radius 2 is 2.29 bits per heavy atom. The minimum absolute atomic E-state index is 0.0478. The summed E-state index contributed by atoms with van der Waals surface area (Å²) in [4.78, 5) is 25.0. The van der Waals surface area contributed by atoms with Crippen LogP contribution in [0.3, 0.4) is 0 Å². The Balaban J connectivity index is 1.43. The van der Waals surface area contributed by atoms with Gasteiger partial charge in [-0.1, -0.05) is 0 Å². The van der Waals surface area contributed by atoms with Crippen LogP contribution in [0.5, 0.6) is 0 Å². The molecule has 1 aliphatic heterocycles. The van der Waals surface area contributed by atoms with Crippen molar-refractivity contribution in [2.45, 2.75) is 52.2 Å². The number of hydrogen-bond donors (Lipinski definition) is 0. The maximum Gasteiger partial charge on any atom is 0.225 e. The largest absolute Gasteiger partial charge is 0.331 e. The van der Waals surface area contributed by atoms with Crippen molar-refractivity contribution in [3.8, 4) is 0 Å². The Hall–Kier alpha value is -1.73. The van der Waals surface area contributed by atoms with Gasteiger partial charge in [-0.25, -0.2) is 9.97 Å². The fraction of sp³-hybridized carbons (Fsp3) is 0.588. The van der Waals surface area contributed by atoms with Crippen LogP contribution in [-0.2, 0) is 24.3 Å². The fourth-order valence-corrected chi connectivity index (χ4v) is 4.33. The van der Waals surface area contributed by atoms with Crippen LogP contribution >= 0.6 is 11.3 Å². The molecule has 1 fully saturated rings. The van der Waals surface area contributed by atoms with Crippen LogP contribution in [0.25, 0.3) is 0 Å². The minimum atomic E-state index is 0.0478. The highest BCUT2D eigenvalue weighted by Crippen LogP contribution is 2.37. The van der Waals surface area contributed by atoms with Gasteiger partial charge in [0.25, 0.3) is 0 Å². The van der Waals surface area contributed by atoms with E-state index in [9.17, 15) is 4.79 Å². The second-order valence-electron chi connectivity index (χ2n) is 6.62. The predicted octanol–water partition coefficient (Wildman–Crippen LogP) is 2.61. The second-order valence-corrected chi connectivity index (χ2v) is 7.46. The maximum atomic E-state index is 11.6. The molecular formula is C17H23N5OS. The molecule has 0 spiro atoms. The number of rotatable bonds is 5. The number of hydrogen-bond acceptors (Lipinski definition) is 5. The van der Waals surface area contributed by atoms with E-state index in [0.29, 0.717) is 12.6 Å². The molecule has 0 atom stereocenters. The summed E-state index contributed by atoms with van der Waals surface area (Å²) in [6.45, 7) is 6.99. The van der Waals surface area contributed by atoms with Crippen LogP contribution in [0.1, 0.15) is 49.8 Å². The van der Waals surface area contributed by atoms with Crippen LogP contribution in [0, 0.1) is 0 Å². The number of thiazole rings is 1. The van der Waals surface area contributed by atoms with Gasteiger partial charge in [-0.2, -0.15) is 0 Å². The lowest BCUT2D eigenvalue weighted by Gasteiger charge is -2.26. The summed E-state index contributed by atoms with van der Waals surface area (Å²) in [7, 11) is 0. The molecule has 6 nitrogen and oxygen atoms in total. The standard InChI is InChI=1S/C17H23N5OS/c1-3-21(12(2)23)17-19-13(10-24-17)8-20-7-6-16-15(9-20)18-11-22(16)14-4-5-14/h10-11,14H,3-9H2,1-2H3. The molecule has 0 N–H and O–H groups in total. The van der Waals surface area contributed by atoms with Crippen LogP contribution in [-0.4, -0.2) is 38.4 Å². The predicted molar refractivity (Wildman–Crippen MR) is 94.1 cm³/mol. The van der Waals surface area contributed by atoms with Crippen LogP contribution in [0.4, 0.5) is 5.13 Å². The van der Waals surface area contributed by atoms with Gasteiger partial charge < -0.3 is 4.57 Å². The van der Waals surface area contributed by atoms with Crippen LogP contribution in [0.2, 0.25) is 0 Å². The van der Waals surface area contributed by atoms with Crippen molar-refractivity contribution < 1.29 is 4.79 Å². The van der Waals surface area contributed by atoms with Gasteiger partial charge >= 0.3 is 0 Å². The first-order valence-corrected chi connectivity index (χ1v) is 9.53. The normalized spacial score (nSPS) is 17.8. The van der Waals surface area contributed by atoms with Gasteiger partial charge in [0.05, 0.1) is 17.7 Å². The molecule has 24 heavy (non-hydrogen) atoms. The van der Waals surface area contributed by atoms with Crippen LogP contribution in [0.15, 0.2) is 11.7 Å². The van der Waals surface area contributed by atoms with Gasteiger partial charge in [-0.15, -0.1) is 11.3 Å². The van der Waals surface area contributed by atoms with Gasteiger partial charge in [-0.05, 0) is 19.8 Å². The summed E-state index contributed by atoms with van der Waals surface area (Å²) in [5.74, 6) is 0.0478. The first-order chi connectivity index (χ1) is 11.7. The third kappa shape index (κ3) is 2.98. The van der Waals surface area contributed by atoms with Crippen molar-refractivity contribution in [3.63, 3.8) is 0 Å². The number of anilines is 1. The van der Waals surface area contributed by atoms with E-state index in [2.05, 4.69) is 24.8 Å². The number of imidazole rings is 1. The zero-order valence-electron chi connectivity index (χ0n) is 14.2. The highest BCUT2D eigenvalue weighted by atomic mass is 32.1. The first-order valence-electron chi connectivity index (χ1n) is 8.65. The van der Waals surface area contributed by atoms with Crippen molar-refractivity contribution in [1.82, 2.24) is 19.4 Å². The van der Waals surface area contributed by atoms with E-state index in [4.69, 9.17) is 0 Å². The maximum absolute atomic E-state index is 11.6. The quantitative estimate of drug-likeness (QED) is 0.836. The third-order valence-electron chi connectivity index (χ3n) is 4.81. The topological polar surface area (TPSA) is 54.3 Å². The molecule has 3 heterocycles. The molecule has 0 aromatic carbocycles. The molecule has 2 aromatic heterocycles. The van der Waals surface area contributed by atoms with E-state index >= 15 is 0 Å². The smallest absolute Gasteiger partial charge is 0.225 e. The summed E-state index contributed by atoms with van der Waals surface area (Å²) < 4.78 is 2.39. The van der Waals surface area contributed by atoms with Gasteiger partial charge in [0.1, 0.15) is 0 Å². The van der Waals surface area contributed by atoms with Crippen LogP contribution < -0.4 is 4.90 Å². The molecule has 2 aromatic rings. The average molecular weight is 345 g/mol. The zero-order valence-corrected chi connectivity index (χ0v) is 15.1. The third-order valence-corrected chi connectivity index (χ3v) is 5.73. The number of carbonyl (C=O) groups is 1. The van der Waals surface area contributed by atoms with E-state index in [-0.39, 0.29) is 5.91 Å². The molecule has 0 bridgehead atoms. The van der Waals surface area contributed by atoms with Gasteiger partial charge in [0, 0.05) is 56.6 Å². The minimum Gasteiger partial charge on any atom is -0.331 e. The molecular weight excluding hydrogens is 322 g/mol. The highest BCUT2D eigenvalue weighted by molar-refractivity contribution is 7.14. The van der Waals surface area contributed by atoms with Crippen molar-refractivity contribution in [3.05, 3.63) is 28.8 Å². The van der Waals surface area contributed by atoms with Gasteiger partial charge in [0.15, 0.2) is 5.13 Å². The molecule has 128 valence electrons. The average Bonchev–Trinajstić information content (AvgIpc) is 3.16. The van der Waals surface area contributed by atoms with Crippen molar-refractivity contribution in [2.75, 3.05) is 18.0 Å². The molecule has 1 aliphatic carbocycles. The summed E-state index contributed by atoms with van der Waals surface area (Å²) in [5, 5.41) is 2.87. The van der Waals surface area contributed by atoms with E-state index in [1.165, 1.54) is 24.2 Å². The molecule has 0 unspecified atom stereocenters. The molecule has 7 heteroatoms. The lowest BCUT2D eigenvalue weighted by molar-refractivity contribution is -0.116. The van der Waals surface area contributed by atoms with E-state index in [1.54, 1.807) is 23.2 Å². The van der Waals surface area contributed by atoms with Crippen molar-refractivity contribution >= 4 is 22.4 Å². The molecule has 4 rings (SSSR count). The van der Waals surface area contributed by atoms with E-state index < -0.39 is 0 Å². The second kappa shape index (κ2) is 6.29. The Labute approximate surface area is 146 Å². The Kier molecular flexibility index (Phi) is 4.14. The molecule has 0 radical (unpaired) electrons. The number of carbonyl (C=O) groups excluding carboxylic acids is 1. The lowest BCUT2D eigenvalue weighted by Crippen LogP contribution is -2.31. The SMILES string of the molecule is CCN(C(C)=O)c1nc(CN2CCc3c(ncn3C3CC3)C2)cs1. The van der Waals surface area contributed by atoms with Crippen molar-refractivity contribution in [1.29, 1.82) is 0 Å². The molecule has 1 amide bonds. The monoisotopic (exact) mass is 345 g/mol.